The fraction of sp³-hybridized carbons (Fsp3) is 0.385. The van der Waals surface area contributed by atoms with Crippen LogP contribution in [0, 0.1) is 0 Å². The number of anilines is 1. The minimum absolute atomic E-state index is 0.0632. The summed E-state index contributed by atoms with van der Waals surface area (Å²) < 4.78 is 18.2. The molecular formula is C26H28FN3O5. The molecule has 0 aliphatic carbocycles. The van der Waals surface area contributed by atoms with Crippen LogP contribution in [-0.2, 0) is 38.6 Å². The highest BCUT2D eigenvalue weighted by molar-refractivity contribution is 6.08. The first-order chi connectivity index (χ1) is 16.9. The van der Waals surface area contributed by atoms with Crippen molar-refractivity contribution in [2.45, 2.75) is 57.3 Å². The lowest BCUT2D eigenvalue weighted by molar-refractivity contribution is -0.130. The average molecular weight is 482 g/mol. The molecule has 2 aromatic carbocycles. The van der Waals surface area contributed by atoms with Crippen molar-refractivity contribution in [3.63, 3.8) is 0 Å². The maximum atomic E-state index is 13.6. The van der Waals surface area contributed by atoms with Gasteiger partial charge in [-0.05, 0) is 36.0 Å². The number of rotatable bonds is 8. The Morgan fingerprint density at radius 3 is 2.57 bits per heavy atom. The number of hydrogen-bond acceptors (Lipinski definition) is 5. The predicted molar refractivity (Wildman–Crippen MR) is 126 cm³/mol. The zero-order valence-electron chi connectivity index (χ0n) is 19.5. The molecule has 2 heterocycles. The lowest BCUT2D eigenvalue weighted by Crippen LogP contribution is -2.56. The van der Waals surface area contributed by atoms with Crippen LogP contribution < -0.4 is 15.5 Å². The molecule has 4 rings (SSSR count). The van der Waals surface area contributed by atoms with Crippen molar-refractivity contribution in [1.82, 2.24) is 10.6 Å². The van der Waals surface area contributed by atoms with Crippen molar-refractivity contribution in [3.8, 4) is 0 Å². The maximum absolute atomic E-state index is 13.6. The summed E-state index contributed by atoms with van der Waals surface area (Å²) in [5.74, 6) is -1.66. The molecule has 0 bridgehead atoms. The third kappa shape index (κ3) is 5.18. The zero-order chi connectivity index (χ0) is 24.9. The highest BCUT2D eigenvalue weighted by atomic mass is 19.1. The lowest BCUT2D eigenvalue weighted by atomic mass is 10.0. The molecule has 2 aliphatic heterocycles. The largest absolute Gasteiger partial charge is 0.445 e. The van der Waals surface area contributed by atoms with Crippen molar-refractivity contribution in [1.29, 1.82) is 0 Å². The highest BCUT2D eigenvalue weighted by Gasteiger charge is 2.44. The van der Waals surface area contributed by atoms with Gasteiger partial charge < -0.3 is 15.4 Å². The van der Waals surface area contributed by atoms with Gasteiger partial charge in [0.25, 0.3) is 0 Å². The van der Waals surface area contributed by atoms with Crippen LogP contribution in [0.4, 0.5) is 14.9 Å². The molecule has 0 radical (unpaired) electrons. The number of carbonyl (C=O) groups excluding carboxylic acids is 4. The number of ketones is 1. The standard InChI is InChI=1S/C26H28FN3O5/c1-2-19(22(31)14-27)28-24(32)21-13-18-10-6-9-17-11-12-20(25(33)30(21)23(17)18)29-26(34)35-15-16-7-4-3-5-8-16/h3-10,19-21H,2,11-15H2,1H3,(H,28,32)(H,29,34)/t19?,20-,21-/m0/s1. The number of ether oxygens (including phenoxy) is 1. The second-order valence-electron chi connectivity index (χ2n) is 8.72. The Hall–Kier alpha value is -3.75. The molecule has 8 nitrogen and oxygen atoms in total. The molecule has 1 unspecified atom stereocenters. The van der Waals surface area contributed by atoms with Gasteiger partial charge in [-0.1, -0.05) is 55.5 Å². The molecule has 0 saturated heterocycles. The van der Waals surface area contributed by atoms with Gasteiger partial charge in [-0.15, -0.1) is 0 Å². The first-order valence-electron chi connectivity index (χ1n) is 11.7. The Labute approximate surface area is 202 Å². The predicted octanol–water partition coefficient (Wildman–Crippen LogP) is 2.62. The summed E-state index contributed by atoms with van der Waals surface area (Å²) in [5, 5.41) is 5.25. The van der Waals surface area contributed by atoms with Crippen LogP contribution in [0.3, 0.4) is 0 Å². The van der Waals surface area contributed by atoms with Crippen molar-refractivity contribution in [3.05, 3.63) is 65.2 Å². The summed E-state index contributed by atoms with van der Waals surface area (Å²) in [6.07, 6.45) is 0.662. The van der Waals surface area contributed by atoms with Crippen LogP contribution in [0.2, 0.25) is 0 Å². The average Bonchev–Trinajstić information content (AvgIpc) is 3.22. The number of para-hydroxylation sites is 1. The monoisotopic (exact) mass is 481 g/mol. The van der Waals surface area contributed by atoms with Crippen LogP contribution in [0.1, 0.15) is 36.5 Å². The molecule has 9 heteroatoms. The smallest absolute Gasteiger partial charge is 0.408 e. The van der Waals surface area contributed by atoms with Gasteiger partial charge in [0, 0.05) is 6.42 Å². The van der Waals surface area contributed by atoms with E-state index in [1.807, 2.05) is 48.5 Å². The molecule has 0 fully saturated rings. The molecule has 184 valence electrons. The number of hydrogen-bond donors (Lipinski definition) is 2. The van der Waals surface area contributed by atoms with Crippen molar-refractivity contribution >= 4 is 29.4 Å². The first kappa shape index (κ1) is 24.4. The van der Waals surface area contributed by atoms with E-state index in [1.54, 1.807) is 6.92 Å². The van der Waals surface area contributed by atoms with E-state index >= 15 is 0 Å². The van der Waals surface area contributed by atoms with E-state index in [9.17, 15) is 23.6 Å². The van der Waals surface area contributed by atoms with E-state index in [0.29, 0.717) is 18.5 Å². The maximum Gasteiger partial charge on any atom is 0.408 e. The number of halogens is 1. The molecule has 3 atom stereocenters. The Morgan fingerprint density at radius 2 is 1.86 bits per heavy atom. The number of benzene rings is 2. The normalized spacial score (nSPS) is 19.4. The fourth-order valence-corrected chi connectivity index (χ4v) is 4.65. The molecular weight excluding hydrogens is 453 g/mol. The number of alkyl carbamates (subject to hydrolysis) is 1. The minimum atomic E-state index is -1.17. The van der Waals surface area contributed by atoms with E-state index in [2.05, 4.69) is 10.6 Å². The molecule has 0 spiro atoms. The van der Waals surface area contributed by atoms with Gasteiger partial charge in [-0.3, -0.25) is 19.3 Å². The second-order valence-corrected chi connectivity index (χ2v) is 8.72. The zero-order valence-corrected chi connectivity index (χ0v) is 19.5. The van der Waals surface area contributed by atoms with E-state index in [1.165, 1.54) is 4.90 Å². The third-order valence-corrected chi connectivity index (χ3v) is 6.46. The van der Waals surface area contributed by atoms with Gasteiger partial charge in [0.2, 0.25) is 11.8 Å². The number of amides is 3. The number of nitrogens with one attached hydrogen (secondary N) is 2. The summed E-state index contributed by atoms with van der Waals surface area (Å²) in [6.45, 7) is 0.569. The van der Waals surface area contributed by atoms with E-state index in [0.717, 1.165) is 16.7 Å². The van der Waals surface area contributed by atoms with E-state index in [-0.39, 0.29) is 19.4 Å². The summed E-state index contributed by atoms with van der Waals surface area (Å²) in [4.78, 5) is 52.5. The molecule has 2 aliphatic rings. The highest BCUT2D eigenvalue weighted by Crippen LogP contribution is 2.39. The minimum Gasteiger partial charge on any atom is -0.445 e. The van der Waals surface area contributed by atoms with Crippen LogP contribution in [0.25, 0.3) is 0 Å². The molecule has 2 N–H and O–H groups in total. The SMILES string of the molecule is CCC(NC(=O)[C@@H]1Cc2cccc3c2N1C(=O)[C@@H](NC(=O)OCc1ccccc1)CC3)C(=O)CF. The molecule has 3 amide bonds. The van der Waals surface area contributed by atoms with Crippen LogP contribution in [0.15, 0.2) is 48.5 Å². The summed E-state index contributed by atoms with van der Waals surface area (Å²) in [5.41, 5.74) is 3.23. The molecule has 0 saturated carbocycles. The number of nitrogens with zero attached hydrogens (tertiary/aromatic N) is 1. The number of aryl methyl sites for hydroxylation is 1. The van der Waals surface area contributed by atoms with Crippen LogP contribution in [0.5, 0.6) is 0 Å². The van der Waals surface area contributed by atoms with Gasteiger partial charge in [-0.25, -0.2) is 9.18 Å². The van der Waals surface area contributed by atoms with Crippen molar-refractivity contribution in [2.75, 3.05) is 11.6 Å². The topological polar surface area (TPSA) is 105 Å². The molecule has 2 aromatic rings. The number of Topliss-reactive ketones (excluding diaryl/α,β-unsaturated/α-hetero) is 1. The van der Waals surface area contributed by atoms with Gasteiger partial charge in [0.05, 0.1) is 11.7 Å². The molecule has 0 aromatic heterocycles. The quantitative estimate of drug-likeness (QED) is 0.603. The summed E-state index contributed by atoms with van der Waals surface area (Å²) in [7, 11) is 0. The second kappa shape index (κ2) is 10.7. The summed E-state index contributed by atoms with van der Waals surface area (Å²) >= 11 is 0. The molecule has 35 heavy (non-hydrogen) atoms. The Bertz CT molecular complexity index is 1120. The van der Waals surface area contributed by atoms with Crippen molar-refractivity contribution in [2.24, 2.45) is 0 Å². The van der Waals surface area contributed by atoms with Gasteiger partial charge in [0.15, 0.2) is 5.78 Å². The Balaban J connectivity index is 1.51. The Kier molecular flexibility index (Phi) is 7.43. The lowest BCUT2D eigenvalue weighted by Gasteiger charge is -2.28. The van der Waals surface area contributed by atoms with Gasteiger partial charge in [-0.2, -0.15) is 0 Å². The van der Waals surface area contributed by atoms with Gasteiger partial charge >= 0.3 is 6.09 Å². The number of carbonyl (C=O) groups is 4. The van der Waals surface area contributed by atoms with Gasteiger partial charge in [0.1, 0.15) is 25.4 Å². The van der Waals surface area contributed by atoms with Crippen LogP contribution >= 0.6 is 0 Å². The fourth-order valence-electron chi connectivity index (χ4n) is 4.65. The van der Waals surface area contributed by atoms with E-state index < -0.39 is 48.5 Å². The van der Waals surface area contributed by atoms with Crippen LogP contribution in [-0.4, -0.2) is 48.5 Å². The third-order valence-electron chi connectivity index (χ3n) is 6.46. The number of alkyl halides is 1. The Morgan fingerprint density at radius 1 is 1.11 bits per heavy atom. The first-order valence-corrected chi connectivity index (χ1v) is 11.7. The van der Waals surface area contributed by atoms with E-state index in [4.69, 9.17) is 4.74 Å². The van der Waals surface area contributed by atoms with Crippen molar-refractivity contribution < 1.29 is 28.3 Å². The summed E-state index contributed by atoms with van der Waals surface area (Å²) in [6, 6.07) is 12.1.